The lowest BCUT2D eigenvalue weighted by Gasteiger charge is -2.31. The van der Waals surface area contributed by atoms with Gasteiger partial charge in [0, 0.05) is 31.3 Å². The van der Waals surface area contributed by atoms with Crippen LogP contribution in [-0.2, 0) is 0 Å². The predicted molar refractivity (Wildman–Crippen MR) is 97.0 cm³/mol. The maximum atomic E-state index is 12.4. The van der Waals surface area contributed by atoms with Crippen molar-refractivity contribution in [3.05, 3.63) is 48.2 Å². The number of hydrogen-bond donors (Lipinski definition) is 0. The van der Waals surface area contributed by atoms with Crippen LogP contribution in [0.25, 0.3) is 0 Å². The van der Waals surface area contributed by atoms with E-state index < -0.39 is 0 Å². The average Bonchev–Trinajstić information content (AvgIpc) is 2.66. The molecule has 3 heterocycles. The Bertz CT molecular complexity index is 740. The van der Waals surface area contributed by atoms with Crippen molar-refractivity contribution in [3.8, 4) is 5.88 Å². The Morgan fingerprint density at radius 3 is 2.65 bits per heavy atom. The number of carbonyl (C=O) groups excluding carboxylic acids is 1. The zero-order valence-electron chi connectivity index (χ0n) is 14.9. The third-order valence-electron chi connectivity index (χ3n) is 5.44. The van der Waals surface area contributed by atoms with E-state index in [1.807, 2.05) is 23.1 Å². The highest BCUT2D eigenvalue weighted by Gasteiger charge is 2.25. The van der Waals surface area contributed by atoms with Crippen LogP contribution < -0.4 is 4.74 Å². The van der Waals surface area contributed by atoms with Gasteiger partial charge in [0.05, 0.1) is 12.3 Å². The number of ether oxygens (including phenoxy) is 1. The lowest BCUT2D eigenvalue weighted by molar-refractivity contribution is 0.0653. The molecule has 6 heteroatoms. The van der Waals surface area contributed by atoms with Crippen LogP contribution >= 0.6 is 0 Å². The van der Waals surface area contributed by atoms with Gasteiger partial charge in [-0.2, -0.15) is 0 Å². The molecule has 1 aliphatic carbocycles. The van der Waals surface area contributed by atoms with Gasteiger partial charge in [-0.1, -0.05) is 12.5 Å². The normalized spacial score (nSPS) is 18.4. The van der Waals surface area contributed by atoms with E-state index in [1.165, 1.54) is 19.3 Å². The van der Waals surface area contributed by atoms with E-state index in [0.717, 1.165) is 31.6 Å². The van der Waals surface area contributed by atoms with Gasteiger partial charge < -0.3 is 9.64 Å². The summed E-state index contributed by atoms with van der Waals surface area (Å²) in [6, 6.07) is 7.43. The predicted octanol–water partition coefficient (Wildman–Crippen LogP) is 3.07. The monoisotopic (exact) mass is 352 g/mol. The summed E-state index contributed by atoms with van der Waals surface area (Å²) in [6.07, 6.45) is 8.89. The first-order chi connectivity index (χ1) is 12.8. The van der Waals surface area contributed by atoms with Crippen molar-refractivity contribution in [2.75, 3.05) is 19.7 Å². The van der Waals surface area contributed by atoms with Crippen LogP contribution in [0, 0.1) is 5.92 Å². The van der Waals surface area contributed by atoms with Crippen LogP contribution in [0.3, 0.4) is 0 Å². The molecule has 4 rings (SSSR count). The van der Waals surface area contributed by atoms with Gasteiger partial charge in [0.15, 0.2) is 0 Å². The fourth-order valence-corrected chi connectivity index (χ4v) is 3.52. The van der Waals surface area contributed by atoms with Crippen LogP contribution in [0.15, 0.2) is 36.8 Å². The Balaban J connectivity index is 1.26. The van der Waals surface area contributed by atoms with E-state index in [1.54, 1.807) is 18.6 Å². The number of carbonyl (C=O) groups is 1. The highest BCUT2D eigenvalue weighted by atomic mass is 16.5. The van der Waals surface area contributed by atoms with Crippen LogP contribution in [0.2, 0.25) is 0 Å². The number of hydrogen-bond acceptors (Lipinski definition) is 5. The lowest BCUT2D eigenvalue weighted by atomic mass is 9.83. The van der Waals surface area contributed by atoms with Gasteiger partial charge in [-0.3, -0.25) is 9.78 Å². The molecule has 0 radical (unpaired) electrons. The highest BCUT2D eigenvalue weighted by Crippen LogP contribution is 2.35. The standard InChI is InChI=1S/C20H24N4O2/c25-20(17-6-1-2-9-21-17)24-10-7-15(8-11-24)13-26-19-12-18(22-14-23-19)16-4-3-5-16/h1-2,6,9,12,14-16H,3-5,7-8,10-11,13H2. The van der Waals surface area contributed by atoms with Crippen molar-refractivity contribution in [3.63, 3.8) is 0 Å². The van der Waals surface area contributed by atoms with Gasteiger partial charge in [0.1, 0.15) is 12.0 Å². The third-order valence-corrected chi connectivity index (χ3v) is 5.44. The second-order valence-corrected chi connectivity index (χ2v) is 7.17. The zero-order valence-corrected chi connectivity index (χ0v) is 14.9. The minimum Gasteiger partial charge on any atom is -0.477 e. The van der Waals surface area contributed by atoms with E-state index >= 15 is 0 Å². The average molecular weight is 352 g/mol. The number of rotatable bonds is 5. The largest absolute Gasteiger partial charge is 0.477 e. The SMILES string of the molecule is O=C(c1ccccn1)N1CCC(COc2cc(C3CCC3)ncn2)CC1. The van der Waals surface area contributed by atoms with Gasteiger partial charge >= 0.3 is 0 Å². The molecule has 2 aromatic heterocycles. The van der Waals surface area contributed by atoms with Gasteiger partial charge in [-0.15, -0.1) is 0 Å². The van der Waals surface area contributed by atoms with E-state index in [-0.39, 0.29) is 5.91 Å². The summed E-state index contributed by atoms with van der Waals surface area (Å²) in [5.74, 6) is 1.73. The number of pyridine rings is 1. The number of piperidine rings is 1. The highest BCUT2D eigenvalue weighted by molar-refractivity contribution is 5.92. The Morgan fingerprint density at radius 1 is 1.12 bits per heavy atom. The van der Waals surface area contributed by atoms with Crippen LogP contribution in [0.5, 0.6) is 5.88 Å². The number of amides is 1. The summed E-state index contributed by atoms with van der Waals surface area (Å²) in [5.41, 5.74) is 1.63. The molecule has 1 amide bonds. The van der Waals surface area contributed by atoms with E-state index in [4.69, 9.17) is 4.74 Å². The molecule has 2 fully saturated rings. The molecular weight excluding hydrogens is 328 g/mol. The molecule has 0 spiro atoms. The van der Waals surface area contributed by atoms with E-state index in [2.05, 4.69) is 15.0 Å². The van der Waals surface area contributed by atoms with Gasteiger partial charge in [-0.25, -0.2) is 9.97 Å². The Labute approximate surface area is 153 Å². The fraction of sp³-hybridized carbons (Fsp3) is 0.500. The van der Waals surface area contributed by atoms with Crippen LogP contribution in [0.4, 0.5) is 0 Å². The fourth-order valence-electron chi connectivity index (χ4n) is 3.52. The Morgan fingerprint density at radius 2 is 1.96 bits per heavy atom. The summed E-state index contributed by atoms with van der Waals surface area (Å²) in [4.78, 5) is 27.1. The molecule has 1 saturated carbocycles. The molecule has 2 aliphatic rings. The van der Waals surface area contributed by atoms with Crippen molar-refractivity contribution >= 4 is 5.91 Å². The quantitative estimate of drug-likeness (QED) is 0.827. The molecule has 0 aromatic carbocycles. The molecule has 0 atom stereocenters. The number of likely N-dealkylation sites (tertiary alicyclic amines) is 1. The molecule has 26 heavy (non-hydrogen) atoms. The van der Waals surface area contributed by atoms with Crippen molar-refractivity contribution in [2.24, 2.45) is 5.92 Å². The molecule has 6 nitrogen and oxygen atoms in total. The number of aromatic nitrogens is 3. The summed E-state index contributed by atoms with van der Waals surface area (Å²) < 4.78 is 5.92. The van der Waals surface area contributed by atoms with E-state index in [9.17, 15) is 4.79 Å². The Hall–Kier alpha value is -2.50. The molecular formula is C20H24N4O2. The van der Waals surface area contributed by atoms with Gasteiger partial charge in [-0.05, 0) is 43.7 Å². The smallest absolute Gasteiger partial charge is 0.272 e. The number of nitrogens with zero attached hydrogens (tertiary/aromatic N) is 4. The molecule has 1 saturated heterocycles. The molecule has 1 aliphatic heterocycles. The maximum Gasteiger partial charge on any atom is 0.272 e. The first-order valence-corrected chi connectivity index (χ1v) is 9.44. The Kier molecular flexibility index (Phi) is 5.09. The van der Waals surface area contributed by atoms with Crippen molar-refractivity contribution < 1.29 is 9.53 Å². The lowest BCUT2D eigenvalue weighted by Crippen LogP contribution is -2.40. The molecule has 136 valence electrons. The second-order valence-electron chi connectivity index (χ2n) is 7.17. The van der Waals surface area contributed by atoms with Gasteiger partial charge in [0.25, 0.3) is 5.91 Å². The first-order valence-electron chi connectivity index (χ1n) is 9.44. The van der Waals surface area contributed by atoms with Crippen molar-refractivity contribution in [1.82, 2.24) is 19.9 Å². The zero-order chi connectivity index (χ0) is 17.8. The second kappa shape index (κ2) is 7.81. The summed E-state index contributed by atoms with van der Waals surface area (Å²) >= 11 is 0. The van der Waals surface area contributed by atoms with Crippen molar-refractivity contribution in [1.29, 1.82) is 0 Å². The molecule has 0 N–H and O–H groups in total. The first kappa shape index (κ1) is 16.9. The molecule has 0 bridgehead atoms. The minimum atomic E-state index is 0.0194. The summed E-state index contributed by atoms with van der Waals surface area (Å²) in [5, 5.41) is 0. The van der Waals surface area contributed by atoms with E-state index in [0.29, 0.717) is 30.0 Å². The van der Waals surface area contributed by atoms with Crippen molar-refractivity contribution in [2.45, 2.75) is 38.0 Å². The minimum absolute atomic E-state index is 0.0194. The molecule has 2 aromatic rings. The van der Waals surface area contributed by atoms with Gasteiger partial charge in [0.2, 0.25) is 5.88 Å². The summed E-state index contributed by atoms with van der Waals surface area (Å²) in [7, 11) is 0. The van der Waals surface area contributed by atoms with Crippen LogP contribution in [-0.4, -0.2) is 45.5 Å². The topological polar surface area (TPSA) is 68.2 Å². The molecule has 0 unspecified atom stereocenters. The third kappa shape index (κ3) is 3.84. The van der Waals surface area contributed by atoms with Crippen LogP contribution in [0.1, 0.15) is 54.2 Å². The summed E-state index contributed by atoms with van der Waals surface area (Å²) in [6.45, 7) is 2.15. The maximum absolute atomic E-state index is 12.4.